The monoisotopic (exact) mass is 173 g/mol. The number of esters is 1. The van der Waals surface area contributed by atoms with Crippen molar-refractivity contribution in [3.8, 4) is 0 Å². The van der Waals surface area contributed by atoms with Crippen LogP contribution in [0.3, 0.4) is 0 Å². The molecule has 0 aliphatic carbocycles. The van der Waals surface area contributed by atoms with Crippen molar-refractivity contribution in [3.05, 3.63) is 11.8 Å². The lowest BCUT2D eigenvalue weighted by Crippen LogP contribution is -2.24. The highest BCUT2D eigenvalue weighted by Crippen LogP contribution is 2.09. The van der Waals surface area contributed by atoms with E-state index in [2.05, 4.69) is 10.1 Å². The van der Waals surface area contributed by atoms with E-state index in [1.807, 2.05) is 11.8 Å². The number of hydrogen-bond donors (Lipinski definition) is 1. The van der Waals surface area contributed by atoms with Crippen molar-refractivity contribution in [2.24, 2.45) is 0 Å². The van der Waals surface area contributed by atoms with Crippen LogP contribution in [0.25, 0.3) is 0 Å². The van der Waals surface area contributed by atoms with Gasteiger partial charge in [0.25, 0.3) is 0 Å². The molecule has 0 radical (unpaired) electrons. The number of rotatable bonds is 1. The van der Waals surface area contributed by atoms with Gasteiger partial charge >= 0.3 is 5.97 Å². The molecule has 0 bridgehead atoms. The van der Waals surface area contributed by atoms with Crippen LogP contribution >= 0.6 is 11.8 Å². The maximum absolute atomic E-state index is 10.7. The average Bonchev–Trinajstić information content (AvgIpc) is 2.06. The molecule has 0 spiro atoms. The van der Waals surface area contributed by atoms with Gasteiger partial charge in [0.05, 0.1) is 7.11 Å². The van der Waals surface area contributed by atoms with Crippen molar-refractivity contribution in [2.45, 2.75) is 0 Å². The summed E-state index contributed by atoms with van der Waals surface area (Å²) in [6, 6.07) is 0. The largest absolute Gasteiger partial charge is 0.466 e. The maximum atomic E-state index is 10.7. The van der Waals surface area contributed by atoms with Gasteiger partial charge in [-0.2, -0.15) is 11.8 Å². The molecule has 1 aliphatic heterocycles. The van der Waals surface area contributed by atoms with Crippen molar-refractivity contribution in [3.63, 3.8) is 0 Å². The van der Waals surface area contributed by atoms with E-state index in [-0.39, 0.29) is 5.97 Å². The average molecular weight is 173 g/mol. The van der Waals surface area contributed by atoms with Crippen LogP contribution in [0.5, 0.6) is 0 Å². The van der Waals surface area contributed by atoms with Gasteiger partial charge in [-0.05, 0) is 0 Å². The third-order valence-electron chi connectivity index (χ3n) is 1.35. The van der Waals surface area contributed by atoms with E-state index in [9.17, 15) is 4.79 Å². The van der Waals surface area contributed by atoms with Gasteiger partial charge in [-0.1, -0.05) is 0 Å². The molecule has 1 fully saturated rings. The normalized spacial score (nSPS) is 21.0. The summed E-state index contributed by atoms with van der Waals surface area (Å²) >= 11 is 1.82. The Bertz CT molecular complexity index is 171. The second-order valence-electron chi connectivity index (χ2n) is 2.17. The number of carbonyl (C=O) groups excluding carboxylic acids is 1. The van der Waals surface area contributed by atoms with E-state index < -0.39 is 0 Å². The zero-order chi connectivity index (χ0) is 8.10. The van der Waals surface area contributed by atoms with Crippen LogP contribution in [-0.4, -0.2) is 31.1 Å². The molecule has 1 heterocycles. The lowest BCUT2D eigenvalue weighted by Gasteiger charge is -2.15. The van der Waals surface area contributed by atoms with Crippen molar-refractivity contribution in [2.75, 3.05) is 25.2 Å². The van der Waals surface area contributed by atoms with Crippen LogP contribution in [-0.2, 0) is 9.53 Å². The van der Waals surface area contributed by atoms with Crippen molar-refractivity contribution >= 4 is 17.7 Å². The maximum Gasteiger partial charge on any atom is 0.332 e. The summed E-state index contributed by atoms with van der Waals surface area (Å²) in [5.41, 5.74) is 0.966. The molecule has 0 aromatic rings. The molecule has 1 saturated heterocycles. The topological polar surface area (TPSA) is 38.3 Å². The summed E-state index contributed by atoms with van der Waals surface area (Å²) in [5, 5.41) is 3.12. The van der Waals surface area contributed by atoms with Gasteiger partial charge in [-0.25, -0.2) is 4.79 Å². The summed E-state index contributed by atoms with van der Waals surface area (Å²) in [6.07, 6.45) is 1.51. The molecule has 3 nitrogen and oxygen atoms in total. The Balaban J connectivity index is 2.43. The molecule has 0 aromatic carbocycles. The Hall–Kier alpha value is -0.640. The molecule has 1 aliphatic rings. The molecule has 62 valence electrons. The lowest BCUT2D eigenvalue weighted by molar-refractivity contribution is -0.134. The van der Waals surface area contributed by atoms with E-state index in [4.69, 9.17) is 0 Å². The predicted molar refractivity (Wildman–Crippen MR) is 45.4 cm³/mol. The fourth-order valence-corrected chi connectivity index (χ4v) is 1.61. The summed E-state index contributed by atoms with van der Waals surface area (Å²) in [6.45, 7) is 0.938. The highest BCUT2D eigenvalue weighted by Gasteiger charge is 2.05. The van der Waals surface area contributed by atoms with E-state index >= 15 is 0 Å². The van der Waals surface area contributed by atoms with Gasteiger partial charge in [0, 0.05) is 29.8 Å². The first kappa shape index (κ1) is 8.46. The lowest BCUT2D eigenvalue weighted by atomic mass is 10.4. The number of methoxy groups -OCH3 is 1. The van der Waals surface area contributed by atoms with Gasteiger partial charge in [0.15, 0.2) is 0 Å². The second-order valence-corrected chi connectivity index (χ2v) is 3.28. The Labute approximate surface area is 70.2 Å². The van der Waals surface area contributed by atoms with Crippen LogP contribution < -0.4 is 5.32 Å². The third-order valence-corrected chi connectivity index (χ3v) is 2.36. The summed E-state index contributed by atoms with van der Waals surface area (Å²) < 4.78 is 4.49. The fraction of sp³-hybridized carbons (Fsp3) is 0.571. The Morgan fingerprint density at radius 1 is 1.82 bits per heavy atom. The minimum Gasteiger partial charge on any atom is -0.466 e. The van der Waals surface area contributed by atoms with Gasteiger partial charge in [0.2, 0.25) is 0 Å². The summed E-state index contributed by atoms with van der Waals surface area (Å²) in [5.74, 6) is 1.71. The van der Waals surface area contributed by atoms with Crippen molar-refractivity contribution in [1.29, 1.82) is 0 Å². The number of nitrogens with one attached hydrogen (secondary N) is 1. The van der Waals surface area contributed by atoms with E-state index in [1.54, 1.807) is 0 Å². The van der Waals surface area contributed by atoms with E-state index in [0.29, 0.717) is 0 Å². The van der Waals surface area contributed by atoms with Crippen LogP contribution in [0.1, 0.15) is 0 Å². The highest BCUT2D eigenvalue weighted by atomic mass is 32.2. The van der Waals surface area contributed by atoms with Crippen LogP contribution in [0, 0.1) is 0 Å². The zero-order valence-corrected chi connectivity index (χ0v) is 7.24. The minimum absolute atomic E-state index is 0.282. The molecule has 0 atom stereocenters. The molecule has 0 unspecified atom stereocenters. The fourth-order valence-electron chi connectivity index (χ4n) is 0.811. The molecule has 4 heteroatoms. The molecular weight excluding hydrogens is 162 g/mol. The molecular formula is C7H11NO2S. The van der Waals surface area contributed by atoms with Gasteiger partial charge < -0.3 is 10.1 Å². The van der Waals surface area contributed by atoms with Crippen LogP contribution in [0.2, 0.25) is 0 Å². The van der Waals surface area contributed by atoms with Crippen molar-refractivity contribution < 1.29 is 9.53 Å². The highest BCUT2D eigenvalue weighted by molar-refractivity contribution is 7.99. The quantitative estimate of drug-likeness (QED) is 0.459. The standard InChI is InChI=1S/C7H11NO2S/c1-10-7(9)4-6-5-11-3-2-8-6/h4,8H,2-3,5H2,1H3/b6-4+. The molecule has 11 heavy (non-hydrogen) atoms. The smallest absolute Gasteiger partial charge is 0.332 e. The first-order chi connectivity index (χ1) is 5.33. The molecule has 1 N–H and O–H groups in total. The zero-order valence-electron chi connectivity index (χ0n) is 6.42. The third kappa shape index (κ3) is 2.84. The Morgan fingerprint density at radius 2 is 2.64 bits per heavy atom. The Morgan fingerprint density at radius 3 is 3.18 bits per heavy atom. The second kappa shape index (κ2) is 4.28. The SMILES string of the molecule is COC(=O)/C=C1\CSCCN1. The number of carbonyl (C=O) groups is 1. The minimum atomic E-state index is -0.282. The molecule has 0 aromatic heterocycles. The first-order valence-corrected chi connectivity index (χ1v) is 4.58. The summed E-state index contributed by atoms with van der Waals surface area (Å²) in [4.78, 5) is 10.7. The first-order valence-electron chi connectivity index (χ1n) is 3.43. The van der Waals surface area contributed by atoms with Gasteiger partial charge in [-0.3, -0.25) is 0 Å². The van der Waals surface area contributed by atoms with Crippen molar-refractivity contribution in [1.82, 2.24) is 5.32 Å². The Kier molecular flexibility index (Phi) is 3.29. The van der Waals surface area contributed by atoms with Crippen LogP contribution in [0.15, 0.2) is 11.8 Å². The van der Waals surface area contributed by atoms with E-state index in [1.165, 1.54) is 13.2 Å². The van der Waals surface area contributed by atoms with Crippen LogP contribution in [0.4, 0.5) is 0 Å². The summed E-state index contributed by atoms with van der Waals surface area (Å²) in [7, 11) is 1.38. The van der Waals surface area contributed by atoms with Gasteiger partial charge in [-0.15, -0.1) is 0 Å². The molecule has 0 amide bonds. The predicted octanol–water partition coefficient (Wildman–Crippen LogP) is 0.380. The number of thioether (sulfide) groups is 1. The number of ether oxygens (including phenoxy) is 1. The molecule has 1 rings (SSSR count). The number of hydrogen-bond acceptors (Lipinski definition) is 4. The molecule has 0 saturated carbocycles. The van der Waals surface area contributed by atoms with E-state index in [0.717, 1.165) is 23.7 Å². The van der Waals surface area contributed by atoms with Gasteiger partial charge in [0.1, 0.15) is 0 Å².